The number of rotatable bonds is 2. The molecule has 2 nitrogen and oxygen atoms in total. The van der Waals surface area contributed by atoms with Gasteiger partial charge in [-0.05, 0) is 25.7 Å². The summed E-state index contributed by atoms with van der Waals surface area (Å²) >= 11 is 0. The molecule has 12 heavy (non-hydrogen) atoms. The van der Waals surface area contributed by atoms with Crippen molar-refractivity contribution in [3.63, 3.8) is 0 Å². The second-order valence-corrected chi connectivity index (χ2v) is 3.55. The normalized spacial score (nSPS) is 35.8. The van der Waals surface area contributed by atoms with Gasteiger partial charge in [-0.15, -0.1) is 0 Å². The van der Waals surface area contributed by atoms with Gasteiger partial charge in [-0.1, -0.05) is 0 Å². The summed E-state index contributed by atoms with van der Waals surface area (Å²) < 4.78 is 24.1. The Morgan fingerprint density at radius 2 is 1.50 bits per heavy atom. The molecule has 2 unspecified atom stereocenters. The Hall–Kier alpha value is -0.0851. The topological polar surface area (TPSA) is 18.5 Å². The van der Waals surface area contributed by atoms with Gasteiger partial charge in [0.1, 0.15) is 0 Å². The fraction of sp³-hybridized carbons (Fsp3) is 1.00. The van der Waals surface area contributed by atoms with Gasteiger partial charge < -0.3 is 13.8 Å². The molecule has 0 bridgehead atoms. The Morgan fingerprint density at radius 3 is 1.83 bits per heavy atom. The monoisotopic (exact) mass is 172 g/mol. The number of hydrogen-bond acceptors (Lipinski definition) is 2. The van der Waals surface area contributed by atoms with Crippen LogP contribution in [0.3, 0.4) is 0 Å². The van der Waals surface area contributed by atoms with Crippen molar-refractivity contribution in [3.05, 3.63) is 0 Å². The minimum atomic E-state index is -0.894. The van der Waals surface area contributed by atoms with Crippen molar-refractivity contribution in [2.24, 2.45) is 0 Å². The summed E-state index contributed by atoms with van der Waals surface area (Å²) in [7, 11) is 0. The first-order valence-corrected chi connectivity index (χ1v) is 4.75. The van der Waals surface area contributed by atoms with Crippen molar-refractivity contribution >= 4 is 6.99 Å². The third-order valence-corrected chi connectivity index (χ3v) is 2.64. The van der Waals surface area contributed by atoms with Crippen LogP contribution in [-0.2, 0) is 9.47 Å². The second kappa shape index (κ2) is 3.75. The molecule has 0 N–H and O–H groups in total. The van der Waals surface area contributed by atoms with Crippen LogP contribution in [0, 0.1) is 0 Å². The smallest absolute Gasteiger partial charge is 0.383 e. The Balaban J connectivity index is 1.84. The summed E-state index contributed by atoms with van der Waals surface area (Å²) in [6, 6.07) is -0.374. The van der Waals surface area contributed by atoms with Gasteiger partial charge in [-0.25, -0.2) is 0 Å². The minimum absolute atomic E-state index is 0.187. The van der Waals surface area contributed by atoms with Gasteiger partial charge in [-0.3, -0.25) is 0 Å². The lowest BCUT2D eigenvalue weighted by Gasteiger charge is -2.16. The van der Waals surface area contributed by atoms with Crippen molar-refractivity contribution in [1.82, 2.24) is 0 Å². The van der Waals surface area contributed by atoms with Crippen LogP contribution in [0.25, 0.3) is 0 Å². The zero-order valence-electron chi connectivity index (χ0n) is 7.17. The zero-order valence-corrected chi connectivity index (χ0v) is 7.17. The van der Waals surface area contributed by atoms with E-state index in [0.29, 0.717) is 0 Å². The molecule has 68 valence electrons. The maximum atomic E-state index is 13.6. The van der Waals surface area contributed by atoms with Gasteiger partial charge in [0.05, 0.1) is 12.0 Å². The first kappa shape index (κ1) is 8.51. The second-order valence-electron chi connectivity index (χ2n) is 3.55. The summed E-state index contributed by atoms with van der Waals surface area (Å²) in [5.74, 6) is 0. The highest BCUT2D eigenvalue weighted by Crippen LogP contribution is 2.23. The molecule has 0 aromatic heterocycles. The Kier molecular flexibility index (Phi) is 2.66. The molecular formula is C8H14BFO2. The molecule has 2 aliphatic rings. The Morgan fingerprint density at radius 1 is 1.00 bits per heavy atom. The van der Waals surface area contributed by atoms with Crippen molar-refractivity contribution in [1.29, 1.82) is 0 Å². The van der Waals surface area contributed by atoms with Crippen LogP contribution >= 0.6 is 0 Å². The predicted molar refractivity (Wildman–Crippen MR) is 44.8 cm³/mol. The quantitative estimate of drug-likeness (QED) is 0.586. The van der Waals surface area contributed by atoms with E-state index in [9.17, 15) is 4.32 Å². The van der Waals surface area contributed by atoms with E-state index in [2.05, 4.69) is 0 Å². The first-order chi connectivity index (χ1) is 5.88. The maximum Gasteiger partial charge on any atom is 0.406 e. The molecule has 2 fully saturated rings. The molecule has 2 atom stereocenters. The van der Waals surface area contributed by atoms with Crippen LogP contribution in [0.2, 0.25) is 0 Å². The van der Waals surface area contributed by atoms with Crippen LogP contribution < -0.4 is 0 Å². The lowest BCUT2D eigenvalue weighted by atomic mass is 9.58. The van der Waals surface area contributed by atoms with E-state index in [0.717, 1.165) is 38.9 Å². The fourth-order valence-corrected chi connectivity index (χ4v) is 1.95. The molecule has 0 aromatic rings. The average Bonchev–Trinajstić information content (AvgIpc) is 2.77. The minimum Gasteiger partial charge on any atom is -0.383 e. The lowest BCUT2D eigenvalue weighted by molar-refractivity contribution is 0.123. The van der Waals surface area contributed by atoms with Crippen molar-refractivity contribution < 1.29 is 13.8 Å². The van der Waals surface area contributed by atoms with E-state index in [1.807, 2.05) is 0 Å². The van der Waals surface area contributed by atoms with Crippen molar-refractivity contribution in [3.8, 4) is 0 Å². The van der Waals surface area contributed by atoms with Gasteiger partial charge in [0.25, 0.3) is 0 Å². The lowest BCUT2D eigenvalue weighted by Crippen LogP contribution is -2.38. The summed E-state index contributed by atoms with van der Waals surface area (Å²) in [5.41, 5.74) is 0. The predicted octanol–water partition coefficient (Wildman–Crippen LogP) is 1.38. The van der Waals surface area contributed by atoms with Gasteiger partial charge in [0, 0.05) is 13.2 Å². The summed E-state index contributed by atoms with van der Waals surface area (Å²) in [5, 5.41) is 0. The summed E-state index contributed by atoms with van der Waals surface area (Å²) in [4.78, 5) is 0. The standard InChI is InChI=1S/C8H14BFO2/c10-9(7-3-1-5-11-7)8-4-2-6-12-8/h7-8H,1-6H2. The van der Waals surface area contributed by atoms with Crippen LogP contribution in [0.1, 0.15) is 25.7 Å². The number of ether oxygens (including phenoxy) is 2. The van der Waals surface area contributed by atoms with Crippen molar-refractivity contribution in [2.45, 2.75) is 37.7 Å². The highest BCUT2D eigenvalue weighted by Gasteiger charge is 2.39. The Bertz CT molecular complexity index is 128. The molecule has 0 spiro atoms. The molecule has 2 heterocycles. The van der Waals surface area contributed by atoms with E-state index in [-0.39, 0.29) is 12.0 Å². The zero-order chi connectivity index (χ0) is 8.39. The van der Waals surface area contributed by atoms with E-state index in [1.54, 1.807) is 0 Å². The van der Waals surface area contributed by atoms with E-state index < -0.39 is 6.99 Å². The highest BCUT2D eigenvalue weighted by atomic mass is 19.1. The van der Waals surface area contributed by atoms with Crippen LogP contribution in [0.5, 0.6) is 0 Å². The van der Waals surface area contributed by atoms with Crippen LogP contribution in [0.15, 0.2) is 0 Å². The molecular weight excluding hydrogens is 158 g/mol. The molecule has 4 heteroatoms. The van der Waals surface area contributed by atoms with Gasteiger partial charge in [-0.2, -0.15) is 0 Å². The Labute approximate surface area is 72.5 Å². The summed E-state index contributed by atoms with van der Waals surface area (Å²) in [6.07, 6.45) is 3.72. The third-order valence-electron chi connectivity index (χ3n) is 2.64. The molecule has 0 saturated carbocycles. The largest absolute Gasteiger partial charge is 0.406 e. The van der Waals surface area contributed by atoms with E-state index >= 15 is 0 Å². The first-order valence-electron chi connectivity index (χ1n) is 4.75. The number of hydrogen-bond donors (Lipinski definition) is 0. The fourth-order valence-electron chi connectivity index (χ4n) is 1.95. The highest BCUT2D eigenvalue weighted by molar-refractivity contribution is 6.54. The molecule has 0 aromatic carbocycles. The van der Waals surface area contributed by atoms with Crippen LogP contribution in [-0.4, -0.2) is 32.2 Å². The van der Waals surface area contributed by atoms with Gasteiger partial charge >= 0.3 is 6.99 Å². The van der Waals surface area contributed by atoms with E-state index in [4.69, 9.17) is 9.47 Å². The van der Waals surface area contributed by atoms with Crippen molar-refractivity contribution in [2.75, 3.05) is 13.2 Å². The number of halogens is 1. The van der Waals surface area contributed by atoms with E-state index in [1.165, 1.54) is 0 Å². The van der Waals surface area contributed by atoms with Gasteiger partial charge in [0.15, 0.2) is 0 Å². The summed E-state index contributed by atoms with van der Waals surface area (Å²) in [6.45, 7) is 0.547. The average molecular weight is 172 g/mol. The molecule has 0 radical (unpaired) electrons. The molecule has 2 aliphatic heterocycles. The van der Waals surface area contributed by atoms with Gasteiger partial charge in [0.2, 0.25) is 0 Å². The van der Waals surface area contributed by atoms with Crippen LogP contribution in [0.4, 0.5) is 4.32 Å². The molecule has 2 saturated heterocycles. The third kappa shape index (κ3) is 1.64. The molecule has 2 rings (SSSR count). The molecule has 0 amide bonds. The maximum absolute atomic E-state index is 13.6. The molecule has 0 aliphatic carbocycles. The SMILES string of the molecule is FB(C1CCCO1)C1CCCO1.